The quantitative estimate of drug-likeness (QED) is 0.729. The van der Waals surface area contributed by atoms with E-state index in [1.807, 2.05) is 6.07 Å². The van der Waals surface area contributed by atoms with E-state index in [1.54, 1.807) is 6.26 Å². The SMILES string of the molecule is CC(C)(C)NCCCCN(Cc1ccco1)C1CC1. The molecule has 1 aromatic rings. The molecule has 1 N–H and O–H groups in total. The van der Waals surface area contributed by atoms with Crippen molar-refractivity contribution in [2.24, 2.45) is 0 Å². The van der Waals surface area contributed by atoms with Gasteiger partial charge < -0.3 is 9.73 Å². The molecule has 3 nitrogen and oxygen atoms in total. The Hall–Kier alpha value is -0.800. The van der Waals surface area contributed by atoms with Gasteiger partial charge in [-0.15, -0.1) is 0 Å². The number of nitrogens with one attached hydrogen (secondary N) is 1. The molecule has 2 rings (SSSR count). The van der Waals surface area contributed by atoms with Gasteiger partial charge in [0.25, 0.3) is 0 Å². The third-order valence-corrected chi connectivity index (χ3v) is 3.53. The van der Waals surface area contributed by atoms with Gasteiger partial charge in [-0.05, 0) is 71.7 Å². The van der Waals surface area contributed by atoms with Gasteiger partial charge in [-0.3, -0.25) is 4.90 Å². The first-order valence-electron chi connectivity index (χ1n) is 7.56. The minimum absolute atomic E-state index is 0.240. The molecule has 0 spiro atoms. The van der Waals surface area contributed by atoms with Gasteiger partial charge in [0.2, 0.25) is 0 Å². The highest BCUT2D eigenvalue weighted by molar-refractivity contribution is 4.99. The number of unbranched alkanes of at least 4 members (excludes halogenated alkanes) is 1. The van der Waals surface area contributed by atoms with Crippen molar-refractivity contribution in [1.29, 1.82) is 0 Å². The van der Waals surface area contributed by atoms with Crippen molar-refractivity contribution in [3.63, 3.8) is 0 Å². The van der Waals surface area contributed by atoms with Crippen LogP contribution < -0.4 is 5.32 Å². The molecule has 0 amide bonds. The number of rotatable bonds is 8. The van der Waals surface area contributed by atoms with Gasteiger partial charge in [0.15, 0.2) is 0 Å². The lowest BCUT2D eigenvalue weighted by Gasteiger charge is -2.22. The molecule has 0 unspecified atom stereocenters. The Bertz CT molecular complexity index is 349. The maximum absolute atomic E-state index is 5.46. The Labute approximate surface area is 117 Å². The summed E-state index contributed by atoms with van der Waals surface area (Å²) >= 11 is 0. The summed E-state index contributed by atoms with van der Waals surface area (Å²) in [5.74, 6) is 1.10. The fourth-order valence-electron chi connectivity index (χ4n) is 2.34. The summed E-state index contributed by atoms with van der Waals surface area (Å²) in [4.78, 5) is 2.58. The maximum Gasteiger partial charge on any atom is 0.117 e. The lowest BCUT2D eigenvalue weighted by Crippen LogP contribution is -2.36. The van der Waals surface area contributed by atoms with E-state index in [9.17, 15) is 0 Å². The van der Waals surface area contributed by atoms with E-state index in [-0.39, 0.29) is 5.54 Å². The predicted octanol–water partition coefficient (Wildman–Crippen LogP) is 3.41. The molecule has 0 aliphatic heterocycles. The summed E-state index contributed by atoms with van der Waals surface area (Å²) in [6.07, 6.45) is 7.01. The van der Waals surface area contributed by atoms with Gasteiger partial charge in [0.05, 0.1) is 12.8 Å². The Kier molecular flexibility index (Phi) is 5.06. The van der Waals surface area contributed by atoms with Crippen LogP contribution >= 0.6 is 0 Å². The second-order valence-electron chi connectivity index (χ2n) is 6.66. The first kappa shape index (κ1) is 14.6. The Morgan fingerprint density at radius 2 is 2.11 bits per heavy atom. The molecule has 0 radical (unpaired) electrons. The van der Waals surface area contributed by atoms with E-state index in [4.69, 9.17) is 4.42 Å². The van der Waals surface area contributed by atoms with Crippen LogP contribution in [0.5, 0.6) is 0 Å². The van der Waals surface area contributed by atoms with Gasteiger partial charge >= 0.3 is 0 Å². The second-order valence-corrected chi connectivity index (χ2v) is 6.66. The maximum atomic E-state index is 5.46. The first-order chi connectivity index (χ1) is 9.04. The summed E-state index contributed by atoms with van der Waals surface area (Å²) in [6.45, 7) is 9.95. The Balaban J connectivity index is 1.64. The third-order valence-electron chi connectivity index (χ3n) is 3.53. The van der Waals surface area contributed by atoms with Crippen molar-refractivity contribution in [3.8, 4) is 0 Å². The van der Waals surface area contributed by atoms with E-state index >= 15 is 0 Å². The summed E-state index contributed by atoms with van der Waals surface area (Å²) in [5, 5.41) is 3.55. The molecule has 1 saturated carbocycles. The monoisotopic (exact) mass is 264 g/mol. The molecule has 108 valence electrons. The highest BCUT2D eigenvalue weighted by atomic mass is 16.3. The van der Waals surface area contributed by atoms with Crippen molar-refractivity contribution in [3.05, 3.63) is 24.2 Å². The van der Waals surface area contributed by atoms with Crippen LogP contribution in [0.1, 0.15) is 52.2 Å². The highest BCUT2D eigenvalue weighted by Gasteiger charge is 2.28. The summed E-state index contributed by atoms with van der Waals surface area (Å²) in [7, 11) is 0. The van der Waals surface area contributed by atoms with Gasteiger partial charge in [0, 0.05) is 11.6 Å². The normalized spacial score (nSPS) is 16.2. The first-order valence-corrected chi connectivity index (χ1v) is 7.56. The molecule has 1 fully saturated rings. The zero-order valence-corrected chi connectivity index (χ0v) is 12.6. The van der Waals surface area contributed by atoms with Crippen LogP contribution in [-0.2, 0) is 6.54 Å². The van der Waals surface area contributed by atoms with Gasteiger partial charge in [-0.1, -0.05) is 0 Å². The van der Waals surface area contributed by atoms with Crippen LogP contribution in [0.15, 0.2) is 22.8 Å². The molecule has 1 aliphatic rings. The van der Waals surface area contributed by atoms with E-state index in [2.05, 4.69) is 37.1 Å². The molecule has 0 saturated heterocycles. The molecule has 0 bridgehead atoms. The van der Waals surface area contributed by atoms with Crippen molar-refractivity contribution in [1.82, 2.24) is 10.2 Å². The van der Waals surface area contributed by atoms with Gasteiger partial charge in [-0.25, -0.2) is 0 Å². The Morgan fingerprint density at radius 1 is 1.32 bits per heavy atom. The molecular formula is C16H28N2O. The molecule has 19 heavy (non-hydrogen) atoms. The zero-order valence-electron chi connectivity index (χ0n) is 12.6. The topological polar surface area (TPSA) is 28.4 Å². The van der Waals surface area contributed by atoms with E-state index < -0.39 is 0 Å². The minimum Gasteiger partial charge on any atom is -0.468 e. The number of nitrogens with zero attached hydrogens (tertiary/aromatic N) is 1. The molecule has 0 atom stereocenters. The number of hydrogen-bond donors (Lipinski definition) is 1. The van der Waals surface area contributed by atoms with Gasteiger partial charge in [-0.2, -0.15) is 0 Å². The van der Waals surface area contributed by atoms with E-state index in [1.165, 1.54) is 32.2 Å². The third kappa shape index (κ3) is 5.79. The van der Waals surface area contributed by atoms with Crippen molar-refractivity contribution in [2.45, 2.75) is 64.6 Å². The molecule has 1 aromatic heterocycles. The van der Waals surface area contributed by atoms with E-state index in [0.717, 1.165) is 24.9 Å². The fourth-order valence-corrected chi connectivity index (χ4v) is 2.34. The molecule has 0 aromatic carbocycles. The van der Waals surface area contributed by atoms with Crippen LogP contribution in [0.3, 0.4) is 0 Å². The largest absolute Gasteiger partial charge is 0.468 e. The van der Waals surface area contributed by atoms with E-state index in [0.29, 0.717) is 0 Å². The Morgan fingerprint density at radius 3 is 2.68 bits per heavy atom. The summed E-state index contributed by atoms with van der Waals surface area (Å²) in [6, 6.07) is 4.87. The van der Waals surface area contributed by atoms with Crippen molar-refractivity contribution >= 4 is 0 Å². The van der Waals surface area contributed by atoms with Crippen molar-refractivity contribution < 1.29 is 4.42 Å². The van der Waals surface area contributed by atoms with Crippen LogP contribution in [0.25, 0.3) is 0 Å². The lowest BCUT2D eigenvalue weighted by atomic mass is 10.1. The molecule has 3 heteroatoms. The minimum atomic E-state index is 0.240. The molecular weight excluding hydrogens is 236 g/mol. The van der Waals surface area contributed by atoms with Crippen LogP contribution in [0.2, 0.25) is 0 Å². The molecule has 1 heterocycles. The standard InChI is InChI=1S/C16H28N2O/c1-16(2,3)17-10-4-5-11-18(14-8-9-14)13-15-7-6-12-19-15/h6-7,12,14,17H,4-5,8-11,13H2,1-3H3. The summed E-state index contributed by atoms with van der Waals surface area (Å²) in [5.41, 5.74) is 0.240. The second kappa shape index (κ2) is 6.58. The molecule has 1 aliphatic carbocycles. The average Bonchev–Trinajstić information content (AvgIpc) is 3.04. The average molecular weight is 264 g/mol. The van der Waals surface area contributed by atoms with Crippen molar-refractivity contribution in [2.75, 3.05) is 13.1 Å². The lowest BCUT2D eigenvalue weighted by molar-refractivity contribution is 0.228. The zero-order chi connectivity index (χ0) is 13.7. The highest BCUT2D eigenvalue weighted by Crippen LogP contribution is 2.28. The summed E-state index contributed by atoms with van der Waals surface area (Å²) < 4.78 is 5.46. The smallest absolute Gasteiger partial charge is 0.117 e. The van der Waals surface area contributed by atoms with Gasteiger partial charge in [0.1, 0.15) is 5.76 Å². The van der Waals surface area contributed by atoms with Crippen LogP contribution in [0, 0.1) is 0 Å². The number of hydrogen-bond acceptors (Lipinski definition) is 3. The fraction of sp³-hybridized carbons (Fsp3) is 0.750. The van der Waals surface area contributed by atoms with Crippen LogP contribution in [-0.4, -0.2) is 29.6 Å². The number of furan rings is 1. The predicted molar refractivity (Wildman–Crippen MR) is 79.1 cm³/mol. The van der Waals surface area contributed by atoms with Crippen LogP contribution in [0.4, 0.5) is 0 Å².